The Balaban J connectivity index is 2.51. The molecule has 2 N–H and O–H groups in total. The molecular formula is C16H21NO3. The second kappa shape index (κ2) is 5.77. The van der Waals surface area contributed by atoms with Crippen LogP contribution in [0, 0.1) is 5.92 Å². The highest BCUT2D eigenvalue weighted by molar-refractivity contribution is 6.06. The van der Waals surface area contributed by atoms with Gasteiger partial charge in [0, 0.05) is 11.6 Å². The van der Waals surface area contributed by atoms with E-state index in [0.717, 1.165) is 12.0 Å². The zero-order valence-electron chi connectivity index (χ0n) is 12.1. The molecule has 0 saturated heterocycles. The Bertz CT molecular complexity index is 536. The monoisotopic (exact) mass is 275 g/mol. The first-order valence-electron chi connectivity index (χ1n) is 6.86. The Hall–Kier alpha value is -1.65. The number of fused-ring (bicyclic) bond motifs is 1. The van der Waals surface area contributed by atoms with E-state index < -0.39 is 5.54 Å². The van der Waals surface area contributed by atoms with Gasteiger partial charge in [-0.2, -0.15) is 5.48 Å². The maximum absolute atomic E-state index is 12.5. The van der Waals surface area contributed by atoms with Gasteiger partial charge in [-0.15, -0.1) is 0 Å². The first-order valence-corrected chi connectivity index (χ1v) is 6.86. The van der Waals surface area contributed by atoms with Crippen LogP contribution in [0.2, 0.25) is 0 Å². The first-order chi connectivity index (χ1) is 9.51. The fraction of sp³-hybridized carbons (Fsp3) is 0.438. The smallest absolute Gasteiger partial charge is 0.186 e. The summed E-state index contributed by atoms with van der Waals surface area (Å²) < 4.78 is 0. The number of rotatable bonds is 5. The second-order valence-electron chi connectivity index (χ2n) is 5.58. The van der Waals surface area contributed by atoms with Gasteiger partial charge in [-0.25, -0.2) is 0 Å². The fourth-order valence-corrected chi connectivity index (χ4v) is 2.63. The summed E-state index contributed by atoms with van der Waals surface area (Å²) in [5, 5.41) is 9.98. The van der Waals surface area contributed by atoms with Gasteiger partial charge in [0.1, 0.15) is 11.3 Å². The average Bonchev–Trinajstić information content (AvgIpc) is 2.42. The van der Waals surface area contributed by atoms with Crippen molar-refractivity contribution in [2.45, 2.75) is 32.2 Å². The molecule has 1 atom stereocenters. The summed E-state index contributed by atoms with van der Waals surface area (Å²) in [5.74, 6) is 0.324. The molecule has 0 unspecified atom stereocenters. The van der Waals surface area contributed by atoms with Gasteiger partial charge in [0.2, 0.25) is 0 Å². The van der Waals surface area contributed by atoms with E-state index in [9.17, 15) is 9.90 Å². The SMILES string of the molecule is CON[C@]1(CCC(C)C)C(=O)C=C(O)c2ccccc21. The minimum atomic E-state index is -0.915. The normalized spacial score (nSPS) is 21.8. The topological polar surface area (TPSA) is 58.6 Å². The van der Waals surface area contributed by atoms with Crippen LogP contribution in [0.25, 0.3) is 5.76 Å². The van der Waals surface area contributed by atoms with E-state index in [-0.39, 0.29) is 11.5 Å². The molecule has 0 aromatic heterocycles. The van der Waals surface area contributed by atoms with E-state index in [1.165, 1.54) is 13.2 Å². The van der Waals surface area contributed by atoms with Crippen molar-refractivity contribution in [2.75, 3.05) is 7.11 Å². The molecule has 1 aromatic carbocycles. The molecule has 0 bridgehead atoms. The van der Waals surface area contributed by atoms with Crippen LogP contribution in [0.1, 0.15) is 37.8 Å². The molecule has 1 aliphatic carbocycles. The van der Waals surface area contributed by atoms with Crippen LogP contribution < -0.4 is 5.48 Å². The molecule has 0 amide bonds. The number of hydrogen-bond donors (Lipinski definition) is 2. The van der Waals surface area contributed by atoms with Gasteiger partial charge in [-0.3, -0.25) is 4.79 Å². The third kappa shape index (κ3) is 2.49. The summed E-state index contributed by atoms with van der Waals surface area (Å²) in [6, 6.07) is 7.39. The average molecular weight is 275 g/mol. The molecule has 2 rings (SSSR count). The number of carbonyl (C=O) groups excluding carboxylic acids is 1. The zero-order chi connectivity index (χ0) is 14.8. The van der Waals surface area contributed by atoms with Gasteiger partial charge in [-0.1, -0.05) is 38.1 Å². The Labute approximate surface area is 119 Å². The third-order valence-electron chi connectivity index (χ3n) is 3.72. The van der Waals surface area contributed by atoms with Gasteiger partial charge in [0.15, 0.2) is 5.78 Å². The molecule has 1 aliphatic rings. The molecule has 0 radical (unpaired) electrons. The van der Waals surface area contributed by atoms with Gasteiger partial charge in [0.25, 0.3) is 0 Å². The number of aliphatic hydroxyl groups excluding tert-OH is 1. The minimum absolute atomic E-state index is 0.0173. The van der Waals surface area contributed by atoms with Crippen LogP contribution >= 0.6 is 0 Å². The zero-order valence-corrected chi connectivity index (χ0v) is 12.1. The lowest BCUT2D eigenvalue weighted by Gasteiger charge is -2.36. The van der Waals surface area contributed by atoms with E-state index in [0.29, 0.717) is 17.9 Å². The van der Waals surface area contributed by atoms with Crippen LogP contribution in [0.4, 0.5) is 0 Å². The van der Waals surface area contributed by atoms with Crippen LogP contribution in [-0.2, 0) is 15.2 Å². The van der Waals surface area contributed by atoms with Gasteiger partial charge in [-0.05, 0) is 24.3 Å². The van der Waals surface area contributed by atoms with Crippen LogP contribution in [0.15, 0.2) is 30.3 Å². The summed E-state index contributed by atoms with van der Waals surface area (Å²) in [6.45, 7) is 4.24. The van der Waals surface area contributed by atoms with Crippen LogP contribution in [0.5, 0.6) is 0 Å². The maximum atomic E-state index is 12.5. The van der Waals surface area contributed by atoms with E-state index in [2.05, 4.69) is 19.3 Å². The van der Waals surface area contributed by atoms with Crippen LogP contribution in [0.3, 0.4) is 0 Å². The van der Waals surface area contributed by atoms with Gasteiger partial charge < -0.3 is 9.94 Å². The Morgan fingerprint density at radius 1 is 1.35 bits per heavy atom. The standard InChI is InChI=1S/C16H21NO3/c1-11(2)8-9-16(17-20-3)13-7-5-4-6-12(13)14(18)10-15(16)19/h4-7,10-11,17-18H,8-9H2,1-3H3/t16-/m0/s1. The molecule has 4 heteroatoms. The summed E-state index contributed by atoms with van der Waals surface area (Å²) in [4.78, 5) is 17.6. The third-order valence-corrected chi connectivity index (χ3v) is 3.72. The number of ketones is 1. The van der Waals surface area contributed by atoms with E-state index >= 15 is 0 Å². The molecule has 4 nitrogen and oxygen atoms in total. The van der Waals surface area contributed by atoms with Gasteiger partial charge in [0.05, 0.1) is 7.11 Å². The molecule has 0 fully saturated rings. The minimum Gasteiger partial charge on any atom is -0.507 e. The van der Waals surface area contributed by atoms with E-state index in [4.69, 9.17) is 4.84 Å². The predicted octanol–water partition coefficient (Wildman–Crippen LogP) is 2.95. The van der Waals surface area contributed by atoms with Crippen molar-refractivity contribution in [3.63, 3.8) is 0 Å². The fourth-order valence-electron chi connectivity index (χ4n) is 2.63. The lowest BCUT2D eigenvalue weighted by Crippen LogP contribution is -2.50. The highest BCUT2D eigenvalue weighted by Crippen LogP contribution is 2.38. The molecule has 0 spiro atoms. The highest BCUT2D eigenvalue weighted by atomic mass is 16.6. The van der Waals surface area contributed by atoms with Crippen molar-refractivity contribution in [3.8, 4) is 0 Å². The lowest BCUT2D eigenvalue weighted by atomic mass is 9.75. The summed E-state index contributed by atoms with van der Waals surface area (Å²) in [5.41, 5.74) is 3.41. The van der Waals surface area contributed by atoms with Crippen molar-refractivity contribution >= 4 is 11.5 Å². The van der Waals surface area contributed by atoms with Crippen molar-refractivity contribution < 1.29 is 14.7 Å². The summed E-state index contributed by atoms with van der Waals surface area (Å²) in [7, 11) is 1.51. The Morgan fingerprint density at radius 3 is 2.70 bits per heavy atom. The molecule has 108 valence electrons. The summed E-state index contributed by atoms with van der Waals surface area (Å²) >= 11 is 0. The lowest BCUT2D eigenvalue weighted by molar-refractivity contribution is -0.128. The Morgan fingerprint density at radius 2 is 2.05 bits per heavy atom. The molecule has 1 aromatic rings. The van der Waals surface area contributed by atoms with Crippen molar-refractivity contribution in [2.24, 2.45) is 5.92 Å². The van der Waals surface area contributed by atoms with Crippen LogP contribution in [-0.4, -0.2) is 18.0 Å². The molecule has 0 heterocycles. The summed E-state index contributed by atoms with van der Waals surface area (Å²) in [6.07, 6.45) is 2.79. The van der Waals surface area contributed by atoms with Crippen molar-refractivity contribution in [1.82, 2.24) is 5.48 Å². The Kier molecular flexibility index (Phi) is 4.26. The number of aliphatic hydroxyl groups is 1. The van der Waals surface area contributed by atoms with Crippen molar-refractivity contribution in [3.05, 3.63) is 41.5 Å². The first kappa shape index (κ1) is 14.8. The van der Waals surface area contributed by atoms with E-state index in [1.54, 1.807) is 0 Å². The predicted molar refractivity (Wildman–Crippen MR) is 77.9 cm³/mol. The quantitative estimate of drug-likeness (QED) is 0.811. The van der Waals surface area contributed by atoms with E-state index in [1.807, 2.05) is 24.3 Å². The number of carbonyl (C=O) groups is 1. The molecule has 0 aliphatic heterocycles. The number of hydroxylamine groups is 1. The molecule has 20 heavy (non-hydrogen) atoms. The number of nitrogens with one attached hydrogen (secondary N) is 1. The largest absolute Gasteiger partial charge is 0.507 e. The number of benzene rings is 1. The molecule has 0 saturated carbocycles. The van der Waals surface area contributed by atoms with Crippen molar-refractivity contribution in [1.29, 1.82) is 0 Å². The highest BCUT2D eigenvalue weighted by Gasteiger charge is 2.43. The second-order valence-corrected chi connectivity index (χ2v) is 5.58. The maximum Gasteiger partial charge on any atom is 0.186 e. The molecular weight excluding hydrogens is 254 g/mol. The number of hydrogen-bond acceptors (Lipinski definition) is 4. The van der Waals surface area contributed by atoms with Gasteiger partial charge >= 0.3 is 0 Å².